The number of urea groups is 1. The highest BCUT2D eigenvalue weighted by molar-refractivity contribution is 9.10. The minimum atomic E-state index is -1.28. The Morgan fingerprint density at radius 1 is 1.19 bits per heavy atom. The van der Waals surface area contributed by atoms with E-state index in [2.05, 4.69) is 37.1 Å². The third kappa shape index (κ3) is 8.90. The van der Waals surface area contributed by atoms with Crippen LogP contribution in [0.15, 0.2) is 75.4 Å². The smallest absolute Gasteiger partial charge is 0.337 e. The summed E-state index contributed by atoms with van der Waals surface area (Å²) >= 11 is 9.49. The van der Waals surface area contributed by atoms with Gasteiger partial charge in [-0.25, -0.2) is 9.59 Å². The summed E-state index contributed by atoms with van der Waals surface area (Å²) < 4.78 is 22.4. The number of aliphatic hydroxyl groups is 1. The van der Waals surface area contributed by atoms with E-state index < -0.39 is 29.2 Å². The van der Waals surface area contributed by atoms with E-state index in [4.69, 9.17) is 30.5 Å². The molecule has 2 atom stereocenters. The van der Waals surface area contributed by atoms with Crippen molar-refractivity contribution in [2.75, 3.05) is 20.3 Å². The Morgan fingerprint density at radius 2 is 1.96 bits per heavy atom. The van der Waals surface area contributed by atoms with E-state index in [0.29, 0.717) is 37.6 Å². The van der Waals surface area contributed by atoms with Gasteiger partial charge in [0.1, 0.15) is 13.2 Å². The number of hydrogen-bond acceptors (Lipinski definition) is 11. The summed E-state index contributed by atoms with van der Waals surface area (Å²) in [7, 11) is 1.25. The Bertz CT molecular complexity index is 1720. The van der Waals surface area contributed by atoms with Crippen LogP contribution in [0.25, 0.3) is 0 Å². The lowest BCUT2D eigenvalue weighted by Gasteiger charge is -2.28. The summed E-state index contributed by atoms with van der Waals surface area (Å²) in [6.45, 7) is 3.43. The third-order valence-corrected chi connectivity index (χ3v) is 7.64. The van der Waals surface area contributed by atoms with Gasteiger partial charge in [-0.05, 0) is 59.6 Å². The summed E-state index contributed by atoms with van der Waals surface area (Å²) in [6, 6.07) is 13.4. The number of aliphatic hydroxyl groups excluding tert-OH is 1. The van der Waals surface area contributed by atoms with Gasteiger partial charge in [-0.2, -0.15) is 5.10 Å². The van der Waals surface area contributed by atoms with Gasteiger partial charge in [-0.1, -0.05) is 35.9 Å². The first-order valence-corrected chi connectivity index (χ1v) is 15.3. The second-order valence-electron chi connectivity index (χ2n) is 9.90. The topological polar surface area (TPSA) is 183 Å². The first-order chi connectivity index (χ1) is 22.5. The summed E-state index contributed by atoms with van der Waals surface area (Å²) in [5, 5.41) is 32.0. The van der Waals surface area contributed by atoms with Crippen molar-refractivity contribution in [3.8, 4) is 17.2 Å². The van der Waals surface area contributed by atoms with Crippen LogP contribution >= 0.6 is 27.5 Å². The number of hydrogen-bond donors (Lipinski definition) is 4. The van der Waals surface area contributed by atoms with E-state index in [1.807, 2.05) is 0 Å². The number of ether oxygens (including phenoxy) is 4. The lowest BCUT2D eigenvalue weighted by Crippen LogP contribution is -2.45. The molecule has 0 saturated heterocycles. The zero-order chi connectivity index (χ0) is 34.1. The standard InChI is InChI=1S/C31H31BrClN5O9/c1-4-45-25-13-19(28-27(30(40)44-3)17(2)35-31(41)36-28)9-10-24(25)46-16-26(39)37-34-14-18-11-21(32)29(23(12-18)38(42)43)47-15-20-7-5-6-8-22(20)33/h5-14,26,28,37,39H,4,15-16H2,1-3H3,(H2,35,36,41)/b34-14+/t26-,28+/m0/s1. The molecule has 16 heteroatoms. The highest BCUT2D eigenvalue weighted by Crippen LogP contribution is 2.37. The molecule has 3 aromatic rings. The van der Waals surface area contributed by atoms with Crippen LogP contribution < -0.4 is 30.3 Å². The molecule has 0 aromatic heterocycles. The number of halogens is 2. The van der Waals surface area contributed by atoms with Gasteiger partial charge in [0.25, 0.3) is 0 Å². The first-order valence-electron chi connectivity index (χ1n) is 14.1. The number of nitro benzene ring substituents is 1. The predicted molar refractivity (Wildman–Crippen MR) is 176 cm³/mol. The molecule has 248 valence electrons. The van der Waals surface area contributed by atoms with Crippen LogP contribution in [0.2, 0.25) is 5.02 Å². The van der Waals surface area contributed by atoms with Crippen LogP contribution in [-0.2, 0) is 16.1 Å². The van der Waals surface area contributed by atoms with Crippen molar-refractivity contribution in [2.24, 2.45) is 5.10 Å². The lowest BCUT2D eigenvalue weighted by atomic mass is 9.95. The van der Waals surface area contributed by atoms with Crippen molar-refractivity contribution >= 4 is 51.4 Å². The van der Waals surface area contributed by atoms with Gasteiger partial charge in [0, 0.05) is 27.9 Å². The van der Waals surface area contributed by atoms with E-state index in [0.717, 1.165) is 0 Å². The number of allylic oxidation sites excluding steroid dienone is 1. The number of nitrogens with one attached hydrogen (secondary N) is 3. The van der Waals surface area contributed by atoms with Crippen molar-refractivity contribution in [1.82, 2.24) is 16.1 Å². The normalized spacial score (nSPS) is 15.0. The number of nitro groups is 1. The highest BCUT2D eigenvalue weighted by atomic mass is 79.9. The van der Waals surface area contributed by atoms with Crippen LogP contribution in [0.3, 0.4) is 0 Å². The minimum Gasteiger partial charge on any atom is -0.490 e. The fourth-order valence-electron chi connectivity index (χ4n) is 4.54. The summed E-state index contributed by atoms with van der Waals surface area (Å²) in [5.41, 5.74) is 4.36. The lowest BCUT2D eigenvalue weighted by molar-refractivity contribution is -0.386. The summed E-state index contributed by atoms with van der Waals surface area (Å²) in [4.78, 5) is 35.8. The van der Waals surface area contributed by atoms with E-state index in [9.17, 15) is 24.8 Å². The van der Waals surface area contributed by atoms with Crippen LogP contribution in [0.5, 0.6) is 17.2 Å². The molecule has 0 bridgehead atoms. The molecule has 14 nitrogen and oxygen atoms in total. The van der Waals surface area contributed by atoms with Crippen molar-refractivity contribution in [3.63, 3.8) is 0 Å². The molecule has 0 unspecified atom stereocenters. The molecule has 47 heavy (non-hydrogen) atoms. The fourth-order valence-corrected chi connectivity index (χ4v) is 5.31. The van der Waals surface area contributed by atoms with E-state index in [1.54, 1.807) is 62.4 Å². The zero-order valence-corrected chi connectivity index (χ0v) is 27.8. The molecule has 4 N–H and O–H groups in total. The molecule has 0 aliphatic carbocycles. The Hall–Kier alpha value is -4.86. The molecule has 0 fully saturated rings. The molecular weight excluding hydrogens is 702 g/mol. The number of carbonyl (C=O) groups is 2. The number of methoxy groups -OCH3 is 1. The summed E-state index contributed by atoms with van der Waals surface area (Å²) in [6.07, 6.45) is 0.0123. The molecule has 1 aliphatic rings. The van der Waals surface area contributed by atoms with Gasteiger partial charge in [-0.3, -0.25) is 15.5 Å². The van der Waals surface area contributed by atoms with Crippen molar-refractivity contribution < 1.29 is 38.6 Å². The molecule has 1 heterocycles. The average Bonchev–Trinajstić information content (AvgIpc) is 3.03. The van der Waals surface area contributed by atoms with E-state index in [1.165, 1.54) is 19.4 Å². The maximum Gasteiger partial charge on any atom is 0.337 e. The Morgan fingerprint density at radius 3 is 2.66 bits per heavy atom. The number of hydrazone groups is 1. The molecule has 3 aromatic carbocycles. The molecule has 4 rings (SSSR count). The third-order valence-electron chi connectivity index (χ3n) is 6.68. The van der Waals surface area contributed by atoms with Crippen molar-refractivity contribution in [2.45, 2.75) is 32.7 Å². The van der Waals surface area contributed by atoms with Crippen LogP contribution in [0.4, 0.5) is 10.5 Å². The number of rotatable bonds is 14. The number of amides is 2. The average molecular weight is 733 g/mol. The minimum absolute atomic E-state index is 0.0217. The second kappa shape index (κ2) is 16.1. The van der Waals surface area contributed by atoms with Gasteiger partial charge < -0.3 is 34.7 Å². The van der Waals surface area contributed by atoms with Gasteiger partial charge in [-0.15, -0.1) is 0 Å². The monoisotopic (exact) mass is 731 g/mol. The number of carbonyl (C=O) groups excluding carboxylic acids is 2. The van der Waals surface area contributed by atoms with Crippen molar-refractivity contribution in [3.05, 3.63) is 102 Å². The van der Waals surface area contributed by atoms with E-state index >= 15 is 0 Å². The first kappa shape index (κ1) is 35.0. The Kier molecular flexibility index (Phi) is 12.0. The fraction of sp³-hybridized carbons (Fsp3) is 0.258. The quantitative estimate of drug-likeness (QED) is 0.0572. The molecule has 0 saturated carbocycles. The van der Waals surface area contributed by atoms with Gasteiger partial charge >= 0.3 is 17.7 Å². The number of benzene rings is 3. The van der Waals surface area contributed by atoms with Crippen molar-refractivity contribution in [1.29, 1.82) is 0 Å². The van der Waals surface area contributed by atoms with Crippen LogP contribution in [0, 0.1) is 10.1 Å². The van der Waals surface area contributed by atoms with Crippen LogP contribution in [0.1, 0.15) is 36.6 Å². The second-order valence-corrected chi connectivity index (χ2v) is 11.2. The van der Waals surface area contributed by atoms with Gasteiger partial charge in [0.15, 0.2) is 17.7 Å². The van der Waals surface area contributed by atoms with E-state index in [-0.39, 0.29) is 42.6 Å². The Labute approximate surface area is 283 Å². The van der Waals surface area contributed by atoms with Gasteiger partial charge in [0.05, 0.1) is 40.9 Å². The molecule has 0 radical (unpaired) electrons. The zero-order valence-electron chi connectivity index (χ0n) is 25.4. The van der Waals surface area contributed by atoms with Gasteiger partial charge in [0.2, 0.25) is 5.75 Å². The number of esters is 1. The highest BCUT2D eigenvalue weighted by Gasteiger charge is 2.32. The molecule has 1 aliphatic heterocycles. The molecular formula is C31H31BrClN5O9. The molecule has 2 amide bonds. The largest absolute Gasteiger partial charge is 0.490 e. The maximum atomic E-state index is 12.4. The summed E-state index contributed by atoms with van der Waals surface area (Å²) in [5.74, 6) is 0.0183. The maximum absolute atomic E-state index is 12.4. The molecule has 0 spiro atoms. The SMILES string of the molecule is CCOc1cc([C@H]2NC(=O)NC(C)=C2C(=O)OC)ccc1OC[C@H](O)N/N=C/c1cc(Br)c(OCc2ccccc2Cl)c([N+](=O)[O-])c1. The predicted octanol–water partition coefficient (Wildman–Crippen LogP) is 5.11. The van der Waals surface area contributed by atoms with Crippen LogP contribution in [-0.4, -0.2) is 54.8 Å². The number of nitrogens with zero attached hydrogens (tertiary/aromatic N) is 2. The Balaban J connectivity index is 1.41.